The van der Waals surface area contributed by atoms with Crippen LogP contribution in [0.1, 0.15) is 17.3 Å². The number of nitrogens with zero attached hydrogens (tertiary/aromatic N) is 3. The second kappa shape index (κ2) is 4.94. The monoisotopic (exact) mass is 269 g/mol. The molecule has 3 rings (SSSR count). The minimum atomic E-state index is -0.845. The number of para-hydroxylation sites is 1. The number of rotatable bonds is 2. The number of amides is 1. The Morgan fingerprint density at radius 3 is 2.65 bits per heavy atom. The molecule has 1 unspecified atom stereocenters. The lowest BCUT2D eigenvalue weighted by molar-refractivity contribution is 0.0168. The van der Waals surface area contributed by atoms with Crippen LogP contribution in [0.2, 0.25) is 0 Å². The molecule has 1 aliphatic heterocycles. The lowest BCUT2D eigenvalue weighted by Crippen LogP contribution is -2.49. The van der Waals surface area contributed by atoms with E-state index in [1.807, 2.05) is 41.3 Å². The number of fused-ring (bicyclic) bond motifs is 1. The van der Waals surface area contributed by atoms with Crippen LogP contribution in [0.4, 0.5) is 11.5 Å². The van der Waals surface area contributed by atoms with E-state index < -0.39 is 6.23 Å². The van der Waals surface area contributed by atoms with Gasteiger partial charge in [0.05, 0.1) is 11.3 Å². The van der Waals surface area contributed by atoms with Crippen LogP contribution in [0.5, 0.6) is 0 Å². The van der Waals surface area contributed by atoms with Gasteiger partial charge in [-0.2, -0.15) is 0 Å². The topological polar surface area (TPSA) is 56.7 Å². The lowest BCUT2D eigenvalue weighted by Gasteiger charge is -2.38. The van der Waals surface area contributed by atoms with Crippen LogP contribution in [0, 0.1) is 0 Å². The van der Waals surface area contributed by atoms with Gasteiger partial charge >= 0.3 is 0 Å². The van der Waals surface area contributed by atoms with Crippen molar-refractivity contribution in [1.29, 1.82) is 0 Å². The SMILES string of the molecule is CC(O)N1CN(c2ccccn2)c2ccccc2C1=O. The van der Waals surface area contributed by atoms with E-state index in [1.54, 1.807) is 19.2 Å². The molecule has 20 heavy (non-hydrogen) atoms. The molecule has 102 valence electrons. The fourth-order valence-corrected chi connectivity index (χ4v) is 2.33. The minimum absolute atomic E-state index is 0.164. The average molecular weight is 269 g/mol. The van der Waals surface area contributed by atoms with Crippen LogP contribution in [-0.4, -0.2) is 33.8 Å². The van der Waals surface area contributed by atoms with Gasteiger partial charge in [0.2, 0.25) is 0 Å². The summed E-state index contributed by atoms with van der Waals surface area (Å²) < 4.78 is 0. The summed E-state index contributed by atoms with van der Waals surface area (Å²) >= 11 is 0. The molecule has 0 saturated heterocycles. The molecule has 0 aliphatic carbocycles. The molecular weight excluding hydrogens is 254 g/mol. The highest BCUT2D eigenvalue weighted by Crippen LogP contribution is 2.32. The van der Waals surface area contributed by atoms with E-state index in [1.165, 1.54) is 4.90 Å². The van der Waals surface area contributed by atoms with Crippen molar-refractivity contribution in [3.8, 4) is 0 Å². The highest BCUT2D eigenvalue weighted by molar-refractivity contribution is 6.02. The number of benzene rings is 1. The van der Waals surface area contributed by atoms with E-state index in [0.29, 0.717) is 5.56 Å². The zero-order valence-corrected chi connectivity index (χ0v) is 11.1. The van der Waals surface area contributed by atoms with Gasteiger partial charge in [0, 0.05) is 6.20 Å². The maximum Gasteiger partial charge on any atom is 0.259 e. The number of carbonyl (C=O) groups is 1. The molecule has 5 nitrogen and oxygen atoms in total. The first-order valence-electron chi connectivity index (χ1n) is 6.45. The van der Waals surface area contributed by atoms with Gasteiger partial charge in [-0.15, -0.1) is 0 Å². The zero-order chi connectivity index (χ0) is 14.1. The predicted octanol–water partition coefficient (Wildman–Crippen LogP) is 1.97. The summed E-state index contributed by atoms with van der Waals surface area (Å²) in [4.78, 5) is 20.0. The molecule has 1 atom stereocenters. The second-order valence-corrected chi connectivity index (χ2v) is 4.68. The average Bonchev–Trinajstić information content (AvgIpc) is 2.48. The van der Waals surface area contributed by atoms with Gasteiger partial charge in [-0.1, -0.05) is 18.2 Å². The number of carbonyl (C=O) groups excluding carboxylic acids is 1. The Labute approximate surface area is 117 Å². The Balaban J connectivity index is 2.11. The van der Waals surface area contributed by atoms with Crippen molar-refractivity contribution in [3.05, 3.63) is 54.2 Å². The van der Waals surface area contributed by atoms with Gasteiger partial charge in [0.1, 0.15) is 18.7 Å². The highest BCUT2D eigenvalue weighted by Gasteiger charge is 2.32. The number of pyridine rings is 1. The summed E-state index contributed by atoms with van der Waals surface area (Å²) in [5.74, 6) is 0.584. The molecule has 1 aromatic heterocycles. The standard InChI is InChI=1S/C15H15N3O2/c1-11(19)17-10-18(14-8-4-5-9-16-14)13-7-3-2-6-12(13)15(17)20/h2-9,11,19H,10H2,1H3. The number of aliphatic hydroxyl groups is 1. The van der Waals surface area contributed by atoms with Crippen LogP contribution in [0.15, 0.2) is 48.7 Å². The molecule has 0 radical (unpaired) electrons. The largest absolute Gasteiger partial charge is 0.374 e. The molecule has 2 heterocycles. The van der Waals surface area contributed by atoms with Gasteiger partial charge in [-0.3, -0.25) is 9.69 Å². The molecule has 1 N–H and O–H groups in total. The Morgan fingerprint density at radius 1 is 1.20 bits per heavy atom. The Morgan fingerprint density at radius 2 is 1.95 bits per heavy atom. The van der Waals surface area contributed by atoms with Crippen LogP contribution in [0.3, 0.4) is 0 Å². The first kappa shape index (κ1) is 12.6. The van der Waals surface area contributed by atoms with Crippen molar-refractivity contribution >= 4 is 17.4 Å². The number of aromatic nitrogens is 1. The highest BCUT2D eigenvalue weighted by atomic mass is 16.3. The van der Waals surface area contributed by atoms with E-state index in [9.17, 15) is 9.90 Å². The molecule has 1 aromatic carbocycles. The molecular formula is C15H15N3O2. The van der Waals surface area contributed by atoms with Crippen LogP contribution < -0.4 is 4.90 Å². The van der Waals surface area contributed by atoms with Gasteiger partial charge < -0.3 is 10.0 Å². The lowest BCUT2D eigenvalue weighted by atomic mass is 10.1. The van der Waals surface area contributed by atoms with E-state index in [2.05, 4.69) is 4.98 Å². The van der Waals surface area contributed by atoms with Crippen molar-refractivity contribution in [3.63, 3.8) is 0 Å². The van der Waals surface area contributed by atoms with Gasteiger partial charge in [0.25, 0.3) is 5.91 Å². The quantitative estimate of drug-likeness (QED) is 0.905. The molecule has 1 aliphatic rings. The van der Waals surface area contributed by atoms with Crippen LogP contribution >= 0.6 is 0 Å². The Kier molecular flexibility index (Phi) is 3.12. The van der Waals surface area contributed by atoms with Gasteiger partial charge in [-0.25, -0.2) is 4.98 Å². The predicted molar refractivity (Wildman–Crippen MR) is 75.5 cm³/mol. The second-order valence-electron chi connectivity index (χ2n) is 4.68. The normalized spacial score (nSPS) is 16.0. The first-order valence-corrected chi connectivity index (χ1v) is 6.45. The van der Waals surface area contributed by atoms with Gasteiger partial charge in [0.15, 0.2) is 0 Å². The third kappa shape index (κ3) is 2.02. The number of aliphatic hydroxyl groups excluding tert-OH is 1. The molecule has 1 amide bonds. The van der Waals surface area contributed by atoms with Crippen molar-refractivity contribution in [2.24, 2.45) is 0 Å². The molecule has 0 saturated carbocycles. The molecule has 0 fully saturated rings. The van der Waals surface area contributed by atoms with E-state index >= 15 is 0 Å². The number of hydrogen-bond acceptors (Lipinski definition) is 4. The van der Waals surface area contributed by atoms with Crippen molar-refractivity contribution < 1.29 is 9.90 Å². The molecule has 0 bridgehead atoms. The van der Waals surface area contributed by atoms with Crippen LogP contribution in [-0.2, 0) is 0 Å². The van der Waals surface area contributed by atoms with Crippen LogP contribution in [0.25, 0.3) is 0 Å². The summed E-state index contributed by atoms with van der Waals surface area (Å²) in [7, 11) is 0. The van der Waals surface area contributed by atoms with Crippen molar-refractivity contribution in [1.82, 2.24) is 9.88 Å². The van der Waals surface area contributed by atoms with E-state index in [4.69, 9.17) is 0 Å². The number of anilines is 2. The summed E-state index contributed by atoms with van der Waals surface area (Å²) in [6, 6.07) is 13.0. The summed E-state index contributed by atoms with van der Waals surface area (Å²) in [6.07, 6.45) is 0.864. The Hall–Kier alpha value is -2.40. The van der Waals surface area contributed by atoms with E-state index in [-0.39, 0.29) is 12.6 Å². The minimum Gasteiger partial charge on any atom is -0.374 e. The maximum atomic E-state index is 12.4. The smallest absolute Gasteiger partial charge is 0.259 e. The number of hydrogen-bond donors (Lipinski definition) is 1. The third-order valence-corrected chi connectivity index (χ3v) is 3.36. The maximum absolute atomic E-state index is 12.4. The molecule has 0 spiro atoms. The zero-order valence-electron chi connectivity index (χ0n) is 11.1. The summed E-state index contributed by atoms with van der Waals surface area (Å²) in [5.41, 5.74) is 1.39. The third-order valence-electron chi connectivity index (χ3n) is 3.36. The van der Waals surface area contributed by atoms with Crippen molar-refractivity contribution in [2.45, 2.75) is 13.2 Å². The summed E-state index contributed by atoms with van der Waals surface area (Å²) in [5, 5.41) is 9.80. The van der Waals surface area contributed by atoms with Crippen molar-refractivity contribution in [2.75, 3.05) is 11.6 Å². The Bertz CT molecular complexity index is 628. The molecule has 5 heteroatoms. The first-order chi connectivity index (χ1) is 9.68. The fraction of sp³-hybridized carbons (Fsp3) is 0.200. The van der Waals surface area contributed by atoms with E-state index in [0.717, 1.165) is 11.5 Å². The fourth-order valence-electron chi connectivity index (χ4n) is 2.33. The summed E-state index contributed by atoms with van der Waals surface area (Å²) in [6.45, 7) is 1.87. The van der Waals surface area contributed by atoms with Gasteiger partial charge in [-0.05, 0) is 31.2 Å². The molecule has 2 aromatic rings.